The predicted octanol–water partition coefficient (Wildman–Crippen LogP) is 10.6. The third kappa shape index (κ3) is 28.3. The molecular formula is C41H68O6. The zero-order valence-corrected chi connectivity index (χ0v) is 30.0. The molecule has 0 saturated carbocycles. The van der Waals surface area contributed by atoms with Crippen molar-refractivity contribution >= 4 is 11.9 Å². The Morgan fingerprint density at radius 3 is 1.64 bits per heavy atom. The van der Waals surface area contributed by atoms with E-state index in [0.29, 0.717) is 25.0 Å². The van der Waals surface area contributed by atoms with Crippen LogP contribution < -0.4 is 0 Å². The molecule has 0 aromatic rings. The summed E-state index contributed by atoms with van der Waals surface area (Å²) in [7, 11) is 0. The van der Waals surface area contributed by atoms with Gasteiger partial charge in [-0.25, -0.2) is 0 Å². The van der Waals surface area contributed by atoms with Gasteiger partial charge in [-0.1, -0.05) is 152 Å². The van der Waals surface area contributed by atoms with E-state index in [-0.39, 0.29) is 31.6 Å². The van der Waals surface area contributed by atoms with Crippen molar-refractivity contribution in [2.24, 2.45) is 0 Å². The second-order valence-corrected chi connectivity index (χ2v) is 12.7. The molecule has 1 fully saturated rings. The van der Waals surface area contributed by atoms with Gasteiger partial charge in [0.15, 0.2) is 6.10 Å². The first-order valence-electron chi connectivity index (χ1n) is 19.0. The maximum absolute atomic E-state index is 12.1. The summed E-state index contributed by atoms with van der Waals surface area (Å²) in [5.41, 5.74) is 0. The van der Waals surface area contributed by atoms with Crippen LogP contribution in [-0.4, -0.2) is 48.6 Å². The molecule has 2 unspecified atom stereocenters. The lowest BCUT2D eigenvalue weighted by molar-refractivity contribution is -0.161. The molecule has 0 spiro atoms. The fraction of sp³-hybridized carbons (Fsp3) is 0.707. The number of epoxide rings is 1. The van der Waals surface area contributed by atoms with Crippen molar-refractivity contribution < 1.29 is 28.9 Å². The molecule has 0 aliphatic carbocycles. The standard InChI is InChI=1S/C41H68O6/c1-3-5-7-8-9-10-11-12-17-20-23-26-30-34-41(44)46-37(35-42)36-45-40(43)33-29-25-22-19-16-14-13-15-18-21-24-28-32-39-38(47-39)31-27-6-4-2/h6,14-16,18,22,24-25,27-28,37-39,42H,3-5,7-13,17,19-21,23,26,29-36H2,1-2H3/b16-14-,18-15-,25-22-,27-6-,28-24-/t37-,38?,39?/m0/s1. The van der Waals surface area contributed by atoms with Crippen LogP contribution in [-0.2, 0) is 23.8 Å². The average molecular weight is 657 g/mol. The maximum Gasteiger partial charge on any atom is 0.306 e. The van der Waals surface area contributed by atoms with E-state index >= 15 is 0 Å². The number of rotatable bonds is 32. The van der Waals surface area contributed by atoms with Gasteiger partial charge in [-0.05, 0) is 51.4 Å². The zero-order valence-electron chi connectivity index (χ0n) is 30.0. The Morgan fingerprint density at radius 2 is 1.11 bits per heavy atom. The Hall–Kier alpha value is -2.44. The second-order valence-electron chi connectivity index (χ2n) is 12.7. The van der Waals surface area contributed by atoms with E-state index in [4.69, 9.17) is 14.2 Å². The Kier molecular flexibility index (Phi) is 29.1. The highest BCUT2D eigenvalue weighted by Gasteiger charge is 2.35. The highest BCUT2D eigenvalue weighted by molar-refractivity contribution is 5.70. The lowest BCUT2D eigenvalue weighted by Gasteiger charge is -2.15. The van der Waals surface area contributed by atoms with Gasteiger partial charge in [-0.3, -0.25) is 9.59 Å². The summed E-state index contributed by atoms with van der Waals surface area (Å²) in [6.45, 7) is 3.94. The molecular weight excluding hydrogens is 588 g/mol. The molecule has 0 bridgehead atoms. The lowest BCUT2D eigenvalue weighted by atomic mass is 10.0. The van der Waals surface area contributed by atoms with Crippen LogP contribution in [0.5, 0.6) is 0 Å². The summed E-state index contributed by atoms with van der Waals surface area (Å²) in [5, 5.41) is 9.53. The fourth-order valence-electron chi connectivity index (χ4n) is 5.27. The molecule has 0 amide bonds. The van der Waals surface area contributed by atoms with E-state index in [1.807, 2.05) is 12.2 Å². The Labute approximate surface area is 287 Å². The molecule has 1 N–H and O–H groups in total. The quantitative estimate of drug-likeness (QED) is 0.0336. The summed E-state index contributed by atoms with van der Waals surface area (Å²) in [6.07, 6.45) is 44.7. The van der Waals surface area contributed by atoms with Crippen LogP contribution in [0.3, 0.4) is 0 Å². The van der Waals surface area contributed by atoms with Crippen molar-refractivity contribution in [1.29, 1.82) is 0 Å². The average Bonchev–Trinajstić information content (AvgIpc) is 3.83. The fourth-order valence-corrected chi connectivity index (χ4v) is 5.27. The number of aliphatic hydroxyl groups excluding tert-OH is 1. The van der Waals surface area contributed by atoms with Crippen molar-refractivity contribution in [2.45, 2.75) is 173 Å². The topological polar surface area (TPSA) is 85.4 Å². The minimum Gasteiger partial charge on any atom is -0.462 e. The monoisotopic (exact) mass is 657 g/mol. The minimum atomic E-state index is -0.803. The van der Waals surface area contributed by atoms with Crippen molar-refractivity contribution in [3.8, 4) is 0 Å². The molecule has 0 aromatic heterocycles. The third-order valence-corrected chi connectivity index (χ3v) is 8.24. The summed E-state index contributed by atoms with van der Waals surface area (Å²) >= 11 is 0. The van der Waals surface area contributed by atoms with Gasteiger partial charge in [0.2, 0.25) is 0 Å². The van der Waals surface area contributed by atoms with Gasteiger partial charge in [0.25, 0.3) is 0 Å². The molecule has 0 aromatic carbocycles. The largest absolute Gasteiger partial charge is 0.462 e. The van der Waals surface area contributed by atoms with E-state index in [1.54, 1.807) is 0 Å². The molecule has 1 aliphatic rings. The highest BCUT2D eigenvalue weighted by atomic mass is 16.6. The molecule has 3 atom stereocenters. The lowest BCUT2D eigenvalue weighted by Crippen LogP contribution is -2.28. The molecule has 1 saturated heterocycles. The smallest absolute Gasteiger partial charge is 0.306 e. The van der Waals surface area contributed by atoms with E-state index in [0.717, 1.165) is 57.8 Å². The van der Waals surface area contributed by atoms with E-state index in [1.165, 1.54) is 64.2 Å². The number of hydrogen-bond acceptors (Lipinski definition) is 6. The second kappa shape index (κ2) is 32.1. The first-order valence-corrected chi connectivity index (χ1v) is 19.0. The Morgan fingerprint density at radius 1 is 0.617 bits per heavy atom. The van der Waals surface area contributed by atoms with Crippen LogP contribution >= 0.6 is 0 Å². The van der Waals surface area contributed by atoms with Crippen LogP contribution in [0.2, 0.25) is 0 Å². The van der Waals surface area contributed by atoms with Crippen LogP contribution in [0, 0.1) is 0 Å². The zero-order chi connectivity index (χ0) is 34.0. The van der Waals surface area contributed by atoms with E-state index in [9.17, 15) is 14.7 Å². The number of esters is 2. The molecule has 1 rings (SSSR count). The first-order chi connectivity index (χ1) is 23.1. The van der Waals surface area contributed by atoms with E-state index < -0.39 is 6.10 Å². The predicted molar refractivity (Wildman–Crippen MR) is 195 cm³/mol. The van der Waals surface area contributed by atoms with Gasteiger partial charge in [-0.15, -0.1) is 0 Å². The van der Waals surface area contributed by atoms with Crippen LogP contribution in [0.4, 0.5) is 0 Å². The van der Waals surface area contributed by atoms with Gasteiger partial charge in [0.1, 0.15) is 6.61 Å². The number of carbonyl (C=O) groups is 2. The SMILES string of the molecule is CC/C=C\CC1OC1C/C=C\C/C=C\C/C=C\C/C=C\CCC(=O)OC[C@H](CO)OC(=O)CCCCCCCCCCCCCCC. The molecule has 0 radical (unpaired) electrons. The van der Waals surface area contributed by atoms with Crippen LogP contribution in [0.25, 0.3) is 0 Å². The molecule has 1 heterocycles. The van der Waals surface area contributed by atoms with Crippen molar-refractivity contribution in [1.82, 2.24) is 0 Å². The number of hydrogen-bond donors (Lipinski definition) is 1. The number of unbranched alkanes of at least 4 members (excludes halogenated alkanes) is 12. The molecule has 47 heavy (non-hydrogen) atoms. The number of ether oxygens (including phenoxy) is 3. The number of allylic oxidation sites excluding steroid dienone is 8. The molecule has 268 valence electrons. The highest BCUT2D eigenvalue weighted by Crippen LogP contribution is 2.29. The van der Waals surface area contributed by atoms with Crippen LogP contribution in [0.15, 0.2) is 60.8 Å². The molecule has 6 heteroatoms. The number of aliphatic hydroxyl groups is 1. The van der Waals surface area contributed by atoms with Crippen molar-refractivity contribution in [2.75, 3.05) is 13.2 Å². The van der Waals surface area contributed by atoms with Gasteiger partial charge in [0, 0.05) is 12.8 Å². The minimum absolute atomic E-state index is 0.109. The first kappa shape index (κ1) is 42.6. The summed E-state index contributed by atoms with van der Waals surface area (Å²) in [6, 6.07) is 0. The van der Waals surface area contributed by atoms with Gasteiger partial charge >= 0.3 is 11.9 Å². The van der Waals surface area contributed by atoms with Crippen LogP contribution in [0.1, 0.15) is 155 Å². The third-order valence-electron chi connectivity index (χ3n) is 8.24. The Bertz CT molecular complexity index is 902. The van der Waals surface area contributed by atoms with Crippen molar-refractivity contribution in [3.05, 3.63) is 60.8 Å². The van der Waals surface area contributed by atoms with Gasteiger partial charge < -0.3 is 19.3 Å². The summed E-state index contributed by atoms with van der Waals surface area (Å²) in [5.74, 6) is -0.695. The number of carbonyl (C=O) groups excluding carboxylic acids is 2. The molecule has 1 aliphatic heterocycles. The summed E-state index contributed by atoms with van der Waals surface area (Å²) < 4.78 is 16.2. The Balaban J connectivity index is 1.95. The maximum atomic E-state index is 12.1. The normalized spacial score (nSPS) is 17.2. The van der Waals surface area contributed by atoms with Gasteiger partial charge in [0.05, 0.1) is 18.8 Å². The van der Waals surface area contributed by atoms with Gasteiger partial charge in [-0.2, -0.15) is 0 Å². The summed E-state index contributed by atoms with van der Waals surface area (Å²) in [4.78, 5) is 24.2. The molecule has 6 nitrogen and oxygen atoms in total. The van der Waals surface area contributed by atoms with E-state index in [2.05, 4.69) is 62.5 Å². The van der Waals surface area contributed by atoms with Crippen molar-refractivity contribution in [3.63, 3.8) is 0 Å².